The van der Waals surface area contributed by atoms with Gasteiger partial charge in [-0.2, -0.15) is 8.78 Å². The Labute approximate surface area is 127 Å². The van der Waals surface area contributed by atoms with Gasteiger partial charge in [0.1, 0.15) is 5.75 Å². The van der Waals surface area contributed by atoms with Crippen molar-refractivity contribution < 1.29 is 18.3 Å². The third kappa shape index (κ3) is 5.47. The van der Waals surface area contributed by atoms with Crippen LogP contribution < -0.4 is 15.4 Å². The summed E-state index contributed by atoms with van der Waals surface area (Å²) in [4.78, 5) is 11.6. The van der Waals surface area contributed by atoms with Crippen molar-refractivity contribution in [3.05, 3.63) is 28.8 Å². The van der Waals surface area contributed by atoms with Crippen molar-refractivity contribution in [3.63, 3.8) is 0 Å². The smallest absolute Gasteiger partial charge is 0.387 e. The maximum atomic E-state index is 12.3. The number of carbonyl (C=O) groups is 1. The van der Waals surface area contributed by atoms with Crippen LogP contribution in [0.25, 0.3) is 0 Å². The van der Waals surface area contributed by atoms with Crippen LogP contribution in [0.2, 0.25) is 5.02 Å². The van der Waals surface area contributed by atoms with E-state index in [0.29, 0.717) is 17.1 Å². The first-order chi connectivity index (χ1) is 9.76. The summed E-state index contributed by atoms with van der Waals surface area (Å²) in [5.74, 6) is -0.0372. The summed E-state index contributed by atoms with van der Waals surface area (Å²) in [7, 11) is 1.57. The molecule has 0 aromatic heterocycles. The topological polar surface area (TPSA) is 50.4 Å². The lowest BCUT2D eigenvalue weighted by Crippen LogP contribution is -2.41. The molecular formula is C14H19ClF2N2O2. The van der Waals surface area contributed by atoms with Gasteiger partial charge in [0, 0.05) is 30.7 Å². The molecule has 0 bridgehead atoms. The Hall–Kier alpha value is -1.40. The van der Waals surface area contributed by atoms with Gasteiger partial charge in [0.25, 0.3) is 0 Å². The summed E-state index contributed by atoms with van der Waals surface area (Å²) in [5, 5.41) is 6.06. The molecule has 0 spiro atoms. The second kappa shape index (κ2) is 7.56. The number of carbonyl (C=O) groups excluding carboxylic acids is 1. The SMILES string of the molecule is CNC(=O)C(C)(C)CNCc1cc(Cl)ccc1OC(F)F. The Morgan fingerprint density at radius 1 is 1.43 bits per heavy atom. The van der Waals surface area contributed by atoms with E-state index in [0.717, 1.165) is 0 Å². The van der Waals surface area contributed by atoms with Gasteiger partial charge in [-0.1, -0.05) is 11.6 Å². The Morgan fingerprint density at radius 3 is 2.67 bits per heavy atom. The Balaban J connectivity index is 2.70. The summed E-state index contributed by atoms with van der Waals surface area (Å²) >= 11 is 5.86. The molecule has 0 unspecified atom stereocenters. The monoisotopic (exact) mass is 320 g/mol. The normalized spacial score (nSPS) is 11.6. The molecule has 0 saturated carbocycles. The highest BCUT2D eigenvalue weighted by atomic mass is 35.5. The lowest BCUT2D eigenvalue weighted by atomic mass is 9.92. The second-order valence-electron chi connectivity index (χ2n) is 5.20. The number of benzene rings is 1. The van der Waals surface area contributed by atoms with Gasteiger partial charge < -0.3 is 15.4 Å². The van der Waals surface area contributed by atoms with Crippen molar-refractivity contribution in [3.8, 4) is 5.75 Å². The van der Waals surface area contributed by atoms with Crippen LogP contribution in [0, 0.1) is 5.41 Å². The third-order valence-electron chi connectivity index (χ3n) is 2.96. The van der Waals surface area contributed by atoms with E-state index in [1.165, 1.54) is 12.1 Å². The van der Waals surface area contributed by atoms with Crippen LogP contribution in [0.4, 0.5) is 8.78 Å². The van der Waals surface area contributed by atoms with Crippen molar-refractivity contribution in [2.45, 2.75) is 27.0 Å². The minimum atomic E-state index is -2.90. The molecule has 7 heteroatoms. The van der Waals surface area contributed by atoms with E-state index in [4.69, 9.17) is 11.6 Å². The molecule has 0 atom stereocenters. The van der Waals surface area contributed by atoms with Gasteiger partial charge in [-0.3, -0.25) is 4.79 Å². The van der Waals surface area contributed by atoms with Crippen LogP contribution >= 0.6 is 11.6 Å². The van der Waals surface area contributed by atoms with Crippen molar-refractivity contribution in [1.29, 1.82) is 0 Å². The minimum Gasteiger partial charge on any atom is -0.434 e. The van der Waals surface area contributed by atoms with Crippen LogP contribution in [0.3, 0.4) is 0 Å². The lowest BCUT2D eigenvalue weighted by molar-refractivity contribution is -0.128. The van der Waals surface area contributed by atoms with E-state index in [1.54, 1.807) is 27.0 Å². The summed E-state index contributed by atoms with van der Waals surface area (Å²) in [5.41, 5.74) is -0.104. The molecule has 1 aromatic rings. The fourth-order valence-corrected chi connectivity index (χ4v) is 2.02. The second-order valence-corrected chi connectivity index (χ2v) is 5.63. The van der Waals surface area contributed by atoms with Crippen LogP contribution in [0.5, 0.6) is 5.75 Å². The molecule has 0 fully saturated rings. The zero-order valence-corrected chi connectivity index (χ0v) is 12.9. The van der Waals surface area contributed by atoms with Gasteiger partial charge in [-0.05, 0) is 32.0 Å². The Bertz CT molecular complexity index is 496. The van der Waals surface area contributed by atoms with E-state index in [2.05, 4.69) is 15.4 Å². The summed E-state index contributed by atoms with van der Waals surface area (Å²) < 4.78 is 29.1. The number of hydrogen-bond acceptors (Lipinski definition) is 3. The third-order valence-corrected chi connectivity index (χ3v) is 3.20. The van der Waals surface area contributed by atoms with Crippen LogP contribution in [0.1, 0.15) is 19.4 Å². The zero-order chi connectivity index (χ0) is 16.0. The predicted molar refractivity (Wildman–Crippen MR) is 77.6 cm³/mol. The summed E-state index contributed by atoms with van der Waals surface area (Å²) in [6.45, 7) is 1.32. The molecule has 0 saturated heterocycles. The highest BCUT2D eigenvalue weighted by Crippen LogP contribution is 2.24. The molecule has 0 aliphatic carbocycles. The van der Waals surface area contributed by atoms with Gasteiger partial charge in [0.15, 0.2) is 0 Å². The van der Waals surface area contributed by atoms with Crippen molar-refractivity contribution >= 4 is 17.5 Å². The molecule has 4 nitrogen and oxygen atoms in total. The van der Waals surface area contributed by atoms with Crippen LogP contribution in [-0.2, 0) is 11.3 Å². The van der Waals surface area contributed by atoms with E-state index < -0.39 is 12.0 Å². The average molecular weight is 321 g/mol. The van der Waals surface area contributed by atoms with E-state index >= 15 is 0 Å². The maximum absolute atomic E-state index is 12.3. The van der Waals surface area contributed by atoms with Gasteiger partial charge in [0.2, 0.25) is 5.91 Å². The molecular weight excluding hydrogens is 302 g/mol. The number of hydrogen-bond donors (Lipinski definition) is 2. The largest absolute Gasteiger partial charge is 0.434 e. The Morgan fingerprint density at radius 2 is 2.10 bits per heavy atom. The quantitative estimate of drug-likeness (QED) is 0.812. The fourth-order valence-electron chi connectivity index (χ4n) is 1.83. The fraction of sp³-hybridized carbons (Fsp3) is 0.500. The predicted octanol–water partition coefficient (Wildman–Crippen LogP) is 2.80. The number of halogens is 3. The molecule has 1 rings (SSSR count). The maximum Gasteiger partial charge on any atom is 0.387 e. The van der Waals surface area contributed by atoms with Gasteiger partial charge in [-0.25, -0.2) is 0 Å². The van der Waals surface area contributed by atoms with E-state index in [-0.39, 0.29) is 18.2 Å². The summed E-state index contributed by atoms with van der Waals surface area (Å²) in [6.07, 6.45) is 0. The van der Waals surface area contributed by atoms with Crippen LogP contribution in [0.15, 0.2) is 18.2 Å². The lowest BCUT2D eigenvalue weighted by Gasteiger charge is -2.23. The number of ether oxygens (including phenoxy) is 1. The molecule has 1 aromatic carbocycles. The van der Waals surface area contributed by atoms with Crippen LogP contribution in [-0.4, -0.2) is 26.1 Å². The highest BCUT2D eigenvalue weighted by Gasteiger charge is 2.26. The first-order valence-corrected chi connectivity index (χ1v) is 6.80. The average Bonchev–Trinajstić information content (AvgIpc) is 2.40. The summed E-state index contributed by atoms with van der Waals surface area (Å²) in [6, 6.07) is 4.44. The van der Waals surface area contributed by atoms with E-state index in [9.17, 15) is 13.6 Å². The minimum absolute atomic E-state index is 0.0691. The molecule has 21 heavy (non-hydrogen) atoms. The number of alkyl halides is 2. The van der Waals surface area contributed by atoms with Crippen molar-refractivity contribution in [1.82, 2.24) is 10.6 Å². The van der Waals surface area contributed by atoms with Gasteiger partial charge in [-0.15, -0.1) is 0 Å². The van der Waals surface area contributed by atoms with Crippen molar-refractivity contribution in [2.24, 2.45) is 5.41 Å². The molecule has 2 N–H and O–H groups in total. The first kappa shape index (κ1) is 17.7. The molecule has 0 heterocycles. The first-order valence-electron chi connectivity index (χ1n) is 6.42. The number of amides is 1. The molecule has 1 amide bonds. The van der Waals surface area contributed by atoms with Crippen molar-refractivity contribution in [2.75, 3.05) is 13.6 Å². The molecule has 0 radical (unpaired) electrons. The highest BCUT2D eigenvalue weighted by molar-refractivity contribution is 6.30. The van der Waals surface area contributed by atoms with Gasteiger partial charge in [0.05, 0.1) is 5.41 Å². The zero-order valence-electron chi connectivity index (χ0n) is 12.2. The number of nitrogens with one attached hydrogen (secondary N) is 2. The standard InChI is InChI=1S/C14H19ClF2N2O2/c1-14(2,12(20)18-3)8-19-7-9-6-10(15)4-5-11(9)21-13(16)17/h4-6,13,19H,7-8H2,1-3H3,(H,18,20). The number of rotatable bonds is 7. The molecule has 118 valence electrons. The van der Waals surface area contributed by atoms with Gasteiger partial charge >= 0.3 is 6.61 Å². The molecule has 0 aliphatic rings. The molecule has 0 aliphatic heterocycles. The Kier molecular flexibility index (Phi) is 6.36. The van der Waals surface area contributed by atoms with E-state index in [1.807, 2.05) is 0 Å².